The highest BCUT2D eigenvalue weighted by Crippen LogP contribution is 2.39. The molecule has 1 unspecified atom stereocenters. The Morgan fingerprint density at radius 3 is 2.16 bits per heavy atom. The summed E-state index contributed by atoms with van der Waals surface area (Å²) in [5.74, 6) is 1.35. The number of fused-ring (bicyclic) bond motifs is 1. The Balaban J connectivity index is 1.33. The number of benzene rings is 2. The topological polar surface area (TPSA) is 91.0 Å². The van der Waals surface area contributed by atoms with E-state index in [4.69, 9.17) is 9.47 Å². The van der Waals surface area contributed by atoms with Crippen molar-refractivity contribution in [3.8, 4) is 28.7 Å². The van der Waals surface area contributed by atoms with Crippen LogP contribution in [0.3, 0.4) is 0 Å². The second-order valence-corrected chi connectivity index (χ2v) is 15.6. The van der Waals surface area contributed by atoms with Crippen LogP contribution in [0.25, 0.3) is 11.1 Å². The van der Waals surface area contributed by atoms with Gasteiger partial charge in [0.05, 0.1) is 25.8 Å². The third-order valence-corrected chi connectivity index (χ3v) is 10.8. The van der Waals surface area contributed by atoms with Crippen molar-refractivity contribution in [3.05, 3.63) is 91.9 Å². The SMILES string of the molecule is COc1cc(-c2cn(C)c(=O)c(C)c2C)cc(OC)c1CN1C[C@H](C)N(Cc2cccc3c2CCN(C(=O)/C(C#N)=C/C(C)(C)C)C3C)C[C@H]1C. The predicted octanol–water partition coefficient (Wildman–Crippen LogP) is 6.72. The number of allylic oxidation sites excluding steroid dienone is 1. The molecule has 1 aromatic heterocycles. The van der Waals surface area contributed by atoms with Gasteiger partial charge in [0.25, 0.3) is 11.5 Å². The number of amides is 1. The van der Waals surface area contributed by atoms with Gasteiger partial charge < -0.3 is 18.9 Å². The molecular weight excluding hydrogens is 638 g/mol. The lowest BCUT2D eigenvalue weighted by atomic mass is 9.88. The van der Waals surface area contributed by atoms with Gasteiger partial charge in [-0.3, -0.25) is 19.4 Å². The molecule has 9 nitrogen and oxygen atoms in total. The van der Waals surface area contributed by atoms with Crippen molar-refractivity contribution >= 4 is 5.91 Å². The fourth-order valence-electron chi connectivity index (χ4n) is 7.79. The van der Waals surface area contributed by atoms with Gasteiger partial charge in [0, 0.05) is 69.2 Å². The highest BCUT2D eigenvalue weighted by Gasteiger charge is 2.34. The minimum absolute atomic E-state index is 0.00808. The summed E-state index contributed by atoms with van der Waals surface area (Å²) in [7, 11) is 5.19. The largest absolute Gasteiger partial charge is 0.496 e. The summed E-state index contributed by atoms with van der Waals surface area (Å²) in [6.07, 6.45) is 4.44. The van der Waals surface area contributed by atoms with E-state index in [0.717, 1.165) is 65.4 Å². The van der Waals surface area contributed by atoms with Gasteiger partial charge in [-0.2, -0.15) is 5.26 Å². The first-order valence-corrected chi connectivity index (χ1v) is 18.0. The van der Waals surface area contributed by atoms with Crippen LogP contribution in [-0.2, 0) is 31.4 Å². The van der Waals surface area contributed by atoms with E-state index in [1.165, 1.54) is 16.7 Å². The number of ether oxygens (including phenoxy) is 2. The Morgan fingerprint density at radius 1 is 0.980 bits per heavy atom. The van der Waals surface area contributed by atoms with Crippen LogP contribution in [-0.4, -0.2) is 71.1 Å². The predicted molar refractivity (Wildman–Crippen MR) is 203 cm³/mol. The number of methoxy groups -OCH3 is 2. The molecule has 3 heterocycles. The number of piperazine rings is 1. The normalized spacial score (nSPS) is 20.2. The molecule has 0 saturated carbocycles. The van der Waals surface area contributed by atoms with E-state index >= 15 is 0 Å². The minimum Gasteiger partial charge on any atom is -0.496 e. The molecule has 1 saturated heterocycles. The zero-order valence-corrected chi connectivity index (χ0v) is 32.4. The van der Waals surface area contributed by atoms with Crippen LogP contribution < -0.4 is 15.0 Å². The molecule has 0 aliphatic carbocycles. The molecule has 2 aromatic carbocycles. The lowest BCUT2D eigenvalue weighted by Gasteiger charge is -2.45. The van der Waals surface area contributed by atoms with E-state index in [1.807, 2.05) is 45.7 Å². The standard InChI is InChI=1S/C42H55N5O4/c1-26-22-46(25-37-38(50-10)17-32(18-39(37)51-11)36-24-44(9)40(48)29(4)28(36)3)27(2)21-45(26)23-31-13-12-14-34-30(5)47(16-15-35(31)34)41(49)33(20-43)19-42(6,7)8/h12-14,17-19,24,26-27,30H,15-16,21-23,25H2,1-11H3/b33-19+/t26-,27+,30?/m0/s1. The van der Waals surface area contributed by atoms with E-state index in [0.29, 0.717) is 19.1 Å². The van der Waals surface area contributed by atoms with Crippen molar-refractivity contribution in [1.29, 1.82) is 5.26 Å². The number of hydrogen-bond acceptors (Lipinski definition) is 7. The molecule has 0 N–H and O–H groups in total. The van der Waals surface area contributed by atoms with Crippen molar-refractivity contribution in [2.24, 2.45) is 12.5 Å². The summed E-state index contributed by atoms with van der Waals surface area (Å²) in [4.78, 5) is 32.9. The Kier molecular flexibility index (Phi) is 11.2. The molecular formula is C42H55N5O4. The van der Waals surface area contributed by atoms with Gasteiger partial charge >= 0.3 is 0 Å². The van der Waals surface area contributed by atoms with Crippen molar-refractivity contribution < 1.29 is 14.3 Å². The average Bonchev–Trinajstić information content (AvgIpc) is 3.09. The first kappa shape index (κ1) is 37.9. The van der Waals surface area contributed by atoms with E-state index < -0.39 is 0 Å². The number of nitriles is 1. The molecule has 3 aromatic rings. The van der Waals surface area contributed by atoms with E-state index in [2.05, 4.69) is 67.0 Å². The maximum atomic E-state index is 13.5. The van der Waals surface area contributed by atoms with Crippen LogP contribution in [0.4, 0.5) is 0 Å². The molecule has 0 spiro atoms. The second-order valence-electron chi connectivity index (χ2n) is 15.6. The number of hydrogen-bond donors (Lipinski definition) is 0. The number of pyridine rings is 1. The van der Waals surface area contributed by atoms with Crippen LogP contribution in [0.5, 0.6) is 11.5 Å². The first-order chi connectivity index (χ1) is 24.1. The molecule has 272 valence electrons. The Hall–Kier alpha value is -4.39. The van der Waals surface area contributed by atoms with Crippen molar-refractivity contribution in [1.82, 2.24) is 19.3 Å². The van der Waals surface area contributed by atoms with Crippen molar-refractivity contribution in [2.75, 3.05) is 33.9 Å². The quantitative estimate of drug-likeness (QED) is 0.191. The molecule has 51 heavy (non-hydrogen) atoms. The highest BCUT2D eigenvalue weighted by atomic mass is 16.5. The van der Waals surface area contributed by atoms with Gasteiger partial charge in [-0.25, -0.2) is 0 Å². The first-order valence-electron chi connectivity index (χ1n) is 18.0. The lowest BCUT2D eigenvalue weighted by Crippen LogP contribution is -2.55. The van der Waals surface area contributed by atoms with Crippen LogP contribution >= 0.6 is 0 Å². The molecule has 3 atom stereocenters. The zero-order valence-electron chi connectivity index (χ0n) is 32.4. The van der Waals surface area contributed by atoms with Crippen LogP contribution in [0, 0.1) is 30.6 Å². The van der Waals surface area contributed by atoms with E-state index in [1.54, 1.807) is 31.9 Å². The molecule has 1 fully saturated rings. The number of aryl methyl sites for hydroxylation is 1. The summed E-state index contributed by atoms with van der Waals surface area (Å²) in [5.41, 5.74) is 8.42. The molecule has 2 aliphatic rings. The number of carbonyl (C=O) groups excluding carboxylic acids is 1. The molecule has 9 heteroatoms. The molecule has 0 bridgehead atoms. The fourth-order valence-corrected chi connectivity index (χ4v) is 7.79. The fraction of sp³-hybridized carbons (Fsp3) is 0.500. The average molecular weight is 694 g/mol. The van der Waals surface area contributed by atoms with Crippen LogP contribution in [0.1, 0.15) is 81.0 Å². The Labute approximate surface area is 304 Å². The summed E-state index contributed by atoms with van der Waals surface area (Å²) in [6, 6.07) is 13.3. The molecule has 1 amide bonds. The van der Waals surface area contributed by atoms with Crippen LogP contribution in [0.15, 0.2) is 53.0 Å². The van der Waals surface area contributed by atoms with Crippen molar-refractivity contribution in [3.63, 3.8) is 0 Å². The Morgan fingerprint density at radius 2 is 1.59 bits per heavy atom. The monoisotopic (exact) mass is 693 g/mol. The van der Waals surface area contributed by atoms with Gasteiger partial charge in [0.15, 0.2) is 0 Å². The third kappa shape index (κ3) is 7.78. The summed E-state index contributed by atoms with van der Waals surface area (Å²) in [5, 5.41) is 9.79. The lowest BCUT2D eigenvalue weighted by molar-refractivity contribution is -0.129. The number of aromatic nitrogens is 1. The van der Waals surface area contributed by atoms with E-state index in [-0.39, 0.29) is 34.5 Å². The minimum atomic E-state index is -0.255. The summed E-state index contributed by atoms with van der Waals surface area (Å²) >= 11 is 0. The Bertz CT molecular complexity index is 1910. The van der Waals surface area contributed by atoms with Gasteiger partial charge in [0.1, 0.15) is 23.1 Å². The number of carbonyl (C=O) groups is 1. The van der Waals surface area contributed by atoms with Gasteiger partial charge in [-0.15, -0.1) is 0 Å². The van der Waals surface area contributed by atoms with Gasteiger partial charge in [-0.1, -0.05) is 45.0 Å². The van der Waals surface area contributed by atoms with Gasteiger partial charge in [0.2, 0.25) is 0 Å². The zero-order chi connectivity index (χ0) is 37.4. The highest BCUT2D eigenvalue weighted by molar-refractivity contribution is 5.97. The molecule has 5 rings (SSSR count). The maximum Gasteiger partial charge on any atom is 0.264 e. The molecule has 0 radical (unpaired) electrons. The number of rotatable bonds is 8. The summed E-state index contributed by atoms with van der Waals surface area (Å²) < 4.78 is 13.6. The van der Waals surface area contributed by atoms with Crippen LogP contribution in [0.2, 0.25) is 0 Å². The second kappa shape index (κ2) is 15.1. The number of nitrogens with zero attached hydrogens (tertiary/aromatic N) is 5. The molecule has 2 aliphatic heterocycles. The van der Waals surface area contributed by atoms with Gasteiger partial charge in [-0.05, 0) is 86.4 Å². The maximum absolute atomic E-state index is 13.5. The third-order valence-electron chi connectivity index (χ3n) is 10.8. The smallest absolute Gasteiger partial charge is 0.264 e. The summed E-state index contributed by atoms with van der Waals surface area (Å²) in [6.45, 7) is 20.5. The van der Waals surface area contributed by atoms with E-state index in [9.17, 15) is 14.9 Å². The van der Waals surface area contributed by atoms with Crippen molar-refractivity contribution in [2.45, 2.75) is 93.0 Å².